The Kier molecular flexibility index (Phi) is 6.68. The van der Waals surface area contributed by atoms with Crippen LogP contribution in [0.3, 0.4) is 0 Å². The fourth-order valence-electron chi connectivity index (χ4n) is 6.40. The molecule has 0 saturated heterocycles. The van der Waals surface area contributed by atoms with Crippen LogP contribution in [-0.2, 0) is 0 Å². The Morgan fingerprint density at radius 2 is 1.00 bits per heavy atom. The number of allylic oxidation sites excluding steroid dienone is 2. The van der Waals surface area contributed by atoms with E-state index in [0.717, 1.165) is 12.1 Å². The molecule has 0 bridgehead atoms. The van der Waals surface area contributed by atoms with Gasteiger partial charge in [-0.1, -0.05) is 86.6 Å². The van der Waals surface area contributed by atoms with Gasteiger partial charge >= 0.3 is 0 Å². The zero-order chi connectivity index (χ0) is 28.1. The molecule has 7 rings (SSSR count). The highest BCUT2D eigenvalue weighted by atomic mass is 32.2. The van der Waals surface area contributed by atoms with E-state index in [1.54, 1.807) is 0 Å². The summed E-state index contributed by atoms with van der Waals surface area (Å²) < 4.78 is 4.83. The molecule has 2 N–H and O–H groups in total. The van der Waals surface area contributed by atoms with E-state index in [0.29, 0.717) is 0 Å². The first kappa shape index (κ1) is 26.4. The molecule has 0 radical (unpaired) electrons. The van der Waals surface area contributed by atoms with Crippen LogP contribution in [0.15, 0.2) is 117 Å². The van der Waals surface area contributed by atoms with E-state index in [4.69, 9.17) is 0 Å². The number of benzene rings is 4. The van der Waals surface area contributed by atoms with Crippen LogP contribution in [0.25, 0.3) is 11.1 Å². The second-order valence-corrected chi connectivity index (χ2v) is 17.5. The van der Waals surface area contributed by atoms with Gasteiger partial charge in [-0.25, -0.2) is 8.83 Å². The molecule has 0 spiro atoms. The SMILES string of the molecule is CC[Si]1(CC)C(N2Nc3cc(C)ccc3S2)=C(c2ccccc2)C(c2ccccc2)=C1N1Nc2cc(C)ccc2S1. The van der Waals surface area contributed by atoms with Crippen LogP contribution in [0.2, 0.25) is 12.1 Å². The molecule has 0 saturated carbocycles. The lowest BCUT2D eigenvalue weighted by Gasteiger charge is -2.38. The van der Waals surface area contributed by atoms with Crippen molar-refractivity contribution < 1.29 is 0 Å². The second kappa shape index (κ2) is 10.4. The van der Waals surface area contributed by atoms with Crippen LogP contribution in [0.1, 0.15) is 36.1 Å². The average molecular weight is 591 g/mol. The van der Waals surface area contributed by atoms with Gasteiger partial charge in [-0.3, -0.25) is 10.9 Å². The summed E-state index contributed by atoms with van der Waals surface area (Å²) in [5, 5.41) is 2.91. The molecule has 0 aliphatic carbocycles. The number of rotatable bonds is 6. The highest BCUT2D eigenvalue weighted by Crippen LogP contribution is 2.58. The number of anilines is 2. The Labute approximate surface area is 252 Å². The van der Waals surface area contributed by atoms with Gasteiger partial charge in [-0.05, 0) is 72.5 Å². The van der Waals surface area contributed by atoms with Crippen molar-refractivity contribution in [2.75, 3.05) is 10.9 Å². The van der Waals surface area contributed by atoms with Crippen LogP contribution < -0.4 is 10.9 Å². The third-order valence-electron chi connectivity index (χ3n) is 8.46. The number of hydrogen-bond acceptors (Lipinski definition) is 6. The van der Waals surface area contributed by atoms with Gasteiger partial charge in [-0.15, -0.1) is 0 Å². The number of nitrogens with one attached hydrogen (secondary N) is 2. The van der Waals surface area contributed by atoms with Gasteiger partial charge in [0.2, 0.25) is 0 Å². The predicted octanol–water partition coefficient (Wildman–Crippen LogP) is 9.71. The van der Waals surface area contributed by atoms with Gasteiger partial charge in [0.1, 0.15) is 0 Å². The first-order valence-corrected chi connectivity index (χ1v) is 18.3. The van der Waals surface area contributed by atoms with Crippen LogP contribution in [-0.4, -0.2) is 16.9 Å². The standard InChI is InChI=1S/C34H34N4S2Si/c1-5-41(6-2)33(37-35-27-21-23(3)17-19-29(27)39-37)31(25-13-9-7-10-14-25)32(26-15-11-8-12-16-26)34(41)38-36-28-22-24(4)18-20-30(28)40-38/h7-22,35-36H,5-6H2,1-4H3. The summed E-state index contributed by atoms with van der Waals surface area (Å²) in [6.07, 6.45) is 0. The molecule has 4 nitrogen and oxygen atoms in total. The average Bonchev–Trinajstić information content (AvgIpc) is 3.69. The van der Waals surface area contributed by atoms with Crippen molar-refractivity contribution in [2.45, 2.75) is 49.6 Å². The normalized spacial score (nSPS) is 17.1. The summed E-state index contributed by atoms with van der Waals surface area (Å²) >= 11 is 3.66. The third-order valence-corrected chi connectivity index (χ3v) is 16.0. The van der Waals surface area contributed by atoms with Crippen molar-refractivity contribution in [3.05, 3.63) is 130 Å². The lowest BCUT2D eigenvalue weighted by molar-refractivity contribution is 0.714. The smallest absolute Gasteiger partial charge is 0.167 e. The summed E-state index contributed by atoms with van der Waals surface area (Å²) in [6.45, 7) is 9.14. The summed E-state index contributed by atoms with van der Waals surface area (Å²) in [4.78, 5) is 2.55. The molecule has 3 heterocycles. The lowest BCUT2D eigenvalue weighted by atomic mass is 9.94. The molecule has 7 heteroatoms. The van der Waals surface area contributed by atoms with Gasteiger partial charge in [0.05, 0.1) is 21.2 Å². The summed E-state index contributed by atoms with van der Waals surface area (Å²) in [7, 11) is -2.32. The van der Waals surface area contributed by atoms with Crippen LogP contribution >= 0.6 is 23.9 Å². The molecule has 0 aromatic heterocycles. The fourth-order valence-corrected chi connectivity index (χ4v) is 13.9. The lowest BCUT2D eigenvalue weighted by Crippen LogP contribution is -2.47. The van der Waals surface area contributed by atoms with Crippen LogP contribution in [0, 0.1) is 13.8 Å². The molecule has 3 aliphatic rings. The molecular formula is C34H34N4S2Si. The summed E-state index contributed by atoms with van der Waals surface area (Å²) in [5.41, 5.74) is 17.8. The molecule has 0 amide bonds. The first-order chi connectivity index (χ1) is 20.0. The Morgan fingerprint density at radius 3 is 1.39 bits per heavy atom. The molecule has 3 aliphatic heterocycles. The van der Waals surface area contributed by atoms with Gasteiger partial charge in [0, 0.05) is 45.7 Å². The topological polar surface area (TPSA) is 30.5 Å². The highest BCUT2D eigenvalue weighted by molar-refractivity contribution is 7.98. The van der Waals surface area contributed by atoms with Crippen LogP contribution in [0.4, 0.5) is 11.4 Å². The Hall–Kier alpha value is -3.52. The van der Waals surface area contributed by atoms with E-state index in [2.05, 4.69) is 144 Å². The molecule has 41 heavy (non-hydrogen) atoms. The minimum atomic E-state index is -2.32. The second-order valence-electron chi connectivity index (χ2n) is 11.0. The number of hydrogen-bond donors (Lipinski definition) is 2. The van der Waals surface area contributed by atoms with Gasteiger partial charge in [0.15, 0.2) is 8.07 Å². The van der Waals surface area contributed by atoms with Gasteiger partial charge in [0.25, 0.3) is 0 Å². The van der Waals surface area contributed by atoms with E-state index in [1.807, 2.05) is 23.9 Å². The number of hydrazine groups is 2. The van der Waals surface area contributed by atoms with E-state index in [1.165, 1.54) is 65.2 Å². The maximum Gasteiger partial charge on any atom is 0.167 e. The molecule has 0 fully saturated rings. The largest absolute Gasteiger partial charge is 0.287 e. The van der Waals surface area contributed by atoms with E-state index < -0.39 is 8.07 Å². The monoisotopic (exact) mass is 590 g/mol. The zero-order valence-corrected chi connectivity index (χ0v) is 26.5. The number of nitrogens with zero attached hydrogens (tertiary/aromatic N) is 2. The number of fused-ring (bicyclic) bond motifs is 2. The zero-order valence-electron chi connectivity index (χ0n) is 23.9. The molecule has 4 aromatic rings. The van der Waals surface area contributed by atoms with Crippen molar-refractivity contribution in [2.24, 2.45) is 0 Å². The maximum absolute atomic E-state index is 3.85. The van der Waals surface area contributed by atoms with Crippen molar-refractivity contribution in [3.8, 4) is 0 Å². The predicted molar refractivity (Wildman–Crippen MR) is 178 cm³/mol. The molecular weight excluding hydrogens is 557 g/mol. The highest BCUT2D eigenvalue weighted by Gasteiger charge is 2.54. The Morgan fingerprint density at radius 1 is 0.585 bits per heavy atom. The molecule has 0 unspecified atom stereocenters. The maximum atomic E-state index is 3.85. The van der Waals surface area contributed by atoms with Crippen molar-refractivity contribution in [1.82, 2.24) is 8.83 Å². The van der Waals surface area contributed by atoms with E-state index >= 15 is 0 Å². The number of aryl methyl sites for hydroxylation is 2. The molecule has 206 valence electrons. The van der Waals surface area contributed by atoms with Crippen molar-refractivity contribution >= 4 is 54.5 Å². The minimum Gasteiger partial charge on any atom is -0.287 e. The fraction of sp³-hybridized carbons (Fsp3) is 0.176. The quantitative estimate of drug-likeness (QED) is 0.172. The van der Waals surface area contributed by atoms with Gasteiger partial charge < -0.3 is 0 Å². The summed E-state index contributed by atoms with van der Waals surface area (Å²) in [6, 6.07) is 37.7. The Balaban J connectivity index is 1.49. The van der Waals surface area contributed by atoms with E-state index in [-0.39, 0.29) is 0 Å². The third kappa shape index (κ3) is 4.29. The van der Waals surface area contributed by atoms with Crippen molar-refractivity contribution in [3.63, 3.8) is 0 Å². The molecule has 4 aromatic carbocycles. The molecule has 0 atom stereocenters. The van der Waals surface area contributed by atoms with Crippen LogP contribution in [0.5, 0.6) is 0 Å². The van der Waals surface area contributed by atoms with E-state index in [9.17, 15) is 0 Å². The van der Waals surface area contributed by atoms with Gasteiger partial charge in [-0.2, -0.15) is 0 Å². The van der Waals surface area contributed by atoms with Crippen molar-refractivity contribution in [1.29, 1.82) is 0 Å². The summed E-state index contributed by atoms with van der Waals surface area (Å²) in [5.74, 6) is 0. The Bertz CT molecular complexity index is 1570. The minimum absolute atomic E-state index is 1.10. The first-order valence-electron chi connectivity index (χ1n) is 14.3.